The summed E-state index contributed by atoms with van der Waals surface area (Å²) in [6.07, 6.45) is 1.80. The number of anilines is 2. The van der Waals surface area contributed by atoms with Gasteiger partial charge in [0.25, 0.3) is 0 Å². The number of hydrogen-bond acceptors (Lipinski definition) is 4. The Morgan fingerprint density at radius 3 is 2.48 bits per heavy atom. The van der Waals surface area contributed by atoms with Gasteiger partial charge in [-0.05, 0) is 13.8 Å². The van der Waals surface area contributed by atoms with Gasteiger partial charge in [-0.25, -0.2) is 4.98 Å². The summed E-state index contributed by atoms with van der Waals surface area (Å²) < 4.78 is 0. The summed E-state index contributed by atoms with van der Waals surface area (Å²) in [5.74, 6) is 1.58. The van der Waals surface area contributed by atoms with E-state index in [4.69, 9.17) is 0 Å². The predicted molar refractivity (Wildman–Crippen MR) is 89.7 cm³/mol. The standard InChI is InChI=1S/C17H22N4/c1-4-12-18-17-19-15(14-10-8-7-9-11-14)13-16(20-17)21(5-2)6-3/h4,7-11,13H,1,5-6,12H2,2-3H3,(H,18,19,20). The summed E-state index contributed by atoms with van der Waals surface area (Å²) in [7, 11) is 0. The van der Waals surface area contributed by atoms with E-state index < -0.39 is 0 Å². The van der Waals surface area contributed by atoms with E-state index >= 15 is 0 Å². The van der Waals surface area contributed by atoms with Crippen molar-refractivity contribution in [3.05, 3.63) is 49.1 Å². The van der Waals surface area contributed by atoms with Crippen LogP contribution in [0, 0.1) is 0 Å². The van der Waals surface area contributed by atoms with Crippen LogP contribution in [0.1, 0.15) is 13.8 Å². The van der Waals surface area contributed by atoms with Crippen LogP contribution in [0.15, 0.2) is 49.1 Å². The molecule has 0 saturated carbocycles. The van der Waals surface area contributed by atoms with Crippen LogP contribution >= 0.6 is 0 Å². The maximum absolute atomic E-state index is 4.60. The van der Waals surface area contributed by atoms with E-state index in [0.29, 0.717) is 12.5 Å². The highest BCUT2D eigenvalue weighted by Crippen LogP contribution is 2.23. The molecule has 0 aliphatic heterocycles. The molecule has 0 saturated heterocycles. The maximum Gasteiger partial charge on any atom is 0.225 e. The van der Waals surface area contributed by atoms with Crippen LogP contribution in [-0.4, -0.2) is 29.6 Å². The Morgan fingerprint density at radius 2 is 1.86 bits per heavy atom. The van der Waals surface area contributed by atoms with Gasteiger partial charge in [0.05, 0.1) is 5.69 Å². The minimum absolute atomic E-state index is 0.637. The molecule has 1 heterocycles. The van der Waals surface area contributed by atoms with E-state index in [2.05, 4.69) is 52.7 Å². The zero-order chi connectivity index (χ0) is 15.1. The van der Waals surface area contributed by atoms with Gasteiger partial charge in [-0.15, -0.1) is 6.58 Å². The van der Waals surface area contributed by atoms with Crippen molar-refractivity contribution in [1.29, 1.82) is 0 Å². The van der Waals surface area contributed by atoms with Crippen LogP contribution in [0.5, 0.6) is 0 Å². The lowest BCUT2D eigenvalue weighted by Gasteiger charge is -2.21. The summed E-state index contributed by atoms with van der Waals surface area (Å²) >= 11 is 0. The van der Waals surface area contributed by atoms with Gasteiger partial charge in [-0.2, -0.15) is 4.98 Å². The Hall–Kier alpha value is -2.36. The van der Waals surface area contributed by atoms with Crippen LogP contribution in [0.4, 0.5) is 11.8 Å². The van der Waals surface area contributed by atoms with E-state index in [1.165, 1.54) is 0 Å². The molecule has 2 aromatic rings. The van der Waals surface area contributed by atoms with Crippen LogP contribution in [0.25, 0.3) is 11.3 Å². The third-order valence-corrected chi connectivity index (χ3v) is 3.27. The second-order valence-corrected chi connectivity index (χ2v) is 4.64. The molecular weight excluding hydrogens is 260 g/mol. The van der Waals surface area contributed by atoms with Crippen molar-refractivity contribution >= 4 is 11.8 Å². The first kappa shape index (κ1) is 15.0. The molecule has 0 amide bonds. The lowest BCUT2D eigenvalue weighted by molar-refractivity contribution is 0.842. The first-order chi connectivity index (χ1) is 10.3. The van der Waals surface area contributed by atoms with Crippen LogP contribution in [0.2, 0.25) is 0 Å². The fourth-order valence-electron chi connectivity index (χ4n) is 2.14. The van der Waals surface area contributed by atoms with Gasteiger partial charge in [-0.3, -0.25) is 0 Å². The first-order valence-electron chi connectivity index (χ1n) is 7.32. The molecule has 1 aromatic heterocycles. The summed E-state index contributed by atoms with van der Waals surface area (Å²) in [5, 5.41) is 3.18. The number of hydrogen-bond donors (Lipinski definition) is 1. The fourth-order valence-corrected chi connectivity index (χ4v) is 2.14. The average molecular weight is 282 g/mol. The quantitative estimate of drug-likeness (QED) is 0.788. The Kier molecular flexibility index (Phi) is 5.32. The molecule has 0 fully saturated rings. The maximum atomic E-state index is 4.60. The monoisotopic (exact) mass is 282 g/mol. The minimum atomic E-state index is 0.637. The molecule has 0 bridgehead atoms. The Bertz CT molecular complexity index is 577. The summed E-state index contributed by atoms with van der Waals surface area (Å²) in [5.41, 5.74) is 2.02. The number of aromatic nitrogens is 2. The van der Waals surface area contributed by atoms with Crippen LogP contribution in [-0.2, 0) is 0 Å². The van der Waals surface area contributed by atoms with E-state index in [9.17, 15) is 0 Å². The largest absolute Gasteiger partial charge is 0.357 e. The second kappa shape index (κ2) is 7.43. The predicted octanol–water partition coefficient (Wildman–Crippen LogP) is 3.59. The van der Waals surface area contributed by atoms with Crippen LogP contribution in [0.3, 0.4) is 0 Å². The van der Waals surface area contributed by atoms with Gasteiger partial charge < -0.3 is 10.2 Å². The van der Waals surface area contributed by atoms with E-state index in [1.54, 1.807) is 6.08 Å². The van der Waals surface area contributed by atoms with Crippen molar-refractivity contribution < 1.29 is 0 Å². The topological polar surface area (TPSA) is 41.1 Å². The summed E-state index contributed by atoms with van der Waals surface area (Å²) in [4.78, 5) is 11.4. The molecule has 0 atom stereocenters. The smallest absolute Gasteiger partial charge is 0.225 e. The molecule has 0 spiro atoms. The molecule has 0 radical (unpaired) electrons. The van der Waals surface area contributed by atoms with Crippen molar-refractivity contribution in [1.82, 2.24) is 9.97 Å². The van der Waals surface area contributed by atoms with E-state index in [0.717, 1.165) is 30.2 Å². The number of rotatable bonds is 7. The zero-order valence-corrected chi connectivity index (χ0v) is 12.7. The molecule has 0 aliphatic rings. The molecule has 110 valence electrons. The summed E-state index contributed by atoms with van der Waals surface area (Å²) in [6, 6.07) is 12.2. The second-order valence-electron chi connectivity index (χ2n) is 4.64. The number of benzene rings is 1. The van der Waals surface area contributed by atoms with Gasteiger partial charge in [0, 0.05) is 31.3 Å². The van der Waals surface area contributed by atoms with Gasteiger partial charge >= 0.3 is 0 Å². The first-order valence-corrected chi connectivity index (χ1v) is 7.32. The third-order valence-electron chi connectivity index (χ3n) is 3.27. The van der Waals surface area contributed by atoms with Crippen LogP contribution < -0.4 is 10.2 Å². The normalized spacial score (nSPS) is 10.2. The van der Waals surface area contributed by atoms with E-state index in [-0.39, 0.29) is 0 Å². The highest BCUT2D eigenvalue weighted by atomic mass is 15.2. The lowest BCUT2D eigenvalue weighted by Crippen LogP contribution is -2.23. The molecule has 1 N–H and O–H groups in total. The molecule has 1 aromatic carbocycles. The molecule has 2 rings (SSSR count). The number of nitrogens with one attached hydrogen (secondary N) is 1. The van der Waals surface area contributed by atoms with Crippen molar-refractivity contribution in [2.75, 3.05) is 29.9 Å². The Balaban J connectivity index is 2.43. The van der Waals surface area contributed by atoms with Crippen molar-refractivity contribution in [3.63, 3.8) is 0 Å². The minimum Gasteiger partial charge on any atom is -0.357 e. The van der Waals surface area contributed by atoms with Crippen molar-refractivity contribution in [2.24, 2.45) is 0 Å². The van der Waals surface area contributed by atoms with Crippen molar-refractivity contribution in [2.45, 2.75) is 13.8 Å². The molecule has 0 unspecified atom stereocenters. The number of nitrogens with zero attached hydrogens (tertiary/aromatic N) is 3. The zero-order valence-electron chi connectivity index (χ0n) is 12.7. The summed E-state index contributed by atoms with van der Waals surface area (Å²) in [6.45, 7) is 10.5. The van der Waals surface area contributed by atoms with Gasteiger partial charge in [0.15, 0.2) is 0 Å². The average Bonchev–Trinajstić information content (AvgIpc) is 2.55. The van der Waals surface area contributed by atoms with Gasteiger partial charge in [-0.1, -0.05) is 36.4 Å². The SMILES string of the molecule is C=CCNc1nc(-c2ccccc2)cc(N(CC)CC)n1. The van der Waals surface area contributed by atoms with Gasteiger partial charge in [0.1, 0.15) is 5.82 Å². The lowest BCUT2D eigenvalue weighted by atomic mass is 10.1. The third kappa shape index (κ3) is 3.81. The van der Waals surface area contributed by atoms with Crippen molar-refractivity contribution in [3.8, 4) is 11.3 Å². The van der Waals surface area contributed by atoms with Gasteiger partial charge in [0.2, 0.25) is 5.95 Å². The molecule has 4 nitrogen and oxygen atoms in total. The molecule has 4 heteroatoms. The fraction of sp³-hybridized carbons (Fsp3) is 0.294. The molecular formula is C17H22N4. The Morgan fingerprint density at radius 1 is 1.14 bits per heavy atom. The molecule has 21 heavy (non-hydrogen) atoms. The highest BCUT2D eigenvalue weighted by molar-refractivity contribution is 5.64. The van der Waals surface area contributed by atoms with E-state index in [1.807, 2.05) is 24.3 Å². The Labute approximate surface area is 126 Å². The molecule has 0 aliphatic carbocycles. The highest BCUT2D eigenvalue weighted by Gasteiger charge is 2.10.